The van der Waals surface area contributed by atoms with Gasteiger partial charge >= 0.3 is 0 Å². The number of para-hydroxylation sites is 1. The Hall–Kier alpha value is -2.14. The number of likely N-dealkylation sites (tertiary alicyclic amines) is 1. The monoisotopic (exact) mass is 354 g/mol. The Kier molecular flexibility index (Phi) is 4.57. The number of fused-ring (bicyclic) bond motifs is 1. The molecule has 2 heterocycles. The van der Waals surface area contributed by atoms with Crippen LogP contribution in [0.1, 0.15) is 39.4 Å². The molecule has 1 aliphatic heterocycles. The average molecular weight is 354 g/mol. The number of nitrogens with one attached hydrogen (secondary N) is 1. The summed E-state index contributed by atoms with van der Waals surface area (Å²) in [7, 11) is 0. The maximum Gasteiger partial charge on any atom is 0.263 e. The molecule has 1 N–H and O–H groups in total. The lowest BCUT2D eigenvalue weighted by Crippen LogP contribution is -2.41. The highest BCUT2D eigenvalue weighted by atomic mass is 32.1. The molecule has 5 heteroatoms. The van der Waals surface area contributed by atoms with Crippen LogP contribution in [0.4, 0.5) is 5.69 Å². The molecule has 2 aliphatic rings. The Bertz CT molecular complexity index is 755. The van der Waals surface area contributed by atoms with E-state index in [2.05, 4.69) is 11.4 Å². The fraction of sp³-hybridized carbons (Fsp3) is 0.400. The molecule has 1 aromatic heterocycles. The predicted octanol–water partition coefficient (Wildman–Crippen LogP) is 3.73. The van der Waals surface area contributed by atoms with Crippen LogP contribution in [0.25, 0.3) is 0 Å². The Balaban J connectivity index is 1.33. The van der Waals surface area contributed by atoms with Gasteiger partial charge in [-0.1, -0.05) is 18.2 Å². The van der Waals surface area contributed by atoms with Gasteiger partial charge in [-0.2, -0.15) is 0 Å². The van der Waals surface area contributed by atoms with Crippen LogP contribution in [-0.2, 0) is 17.6 Å². The van der Waals surface area contributed by atoms with Gasteiger partial charge in [0.25, 0.3) is 5.91 Å². The van der Waals surface area contributed by atoms with Crippen LogP contribution >= 0.6 is 11.3 Å². The SMILES string of the molecule is O=C(Nc1ccccc1)C1CCN(C(=O)c2cc3c(s2)CCC3)CC1. The zero-order valence-electron chi connectivity index (χ0n) is 14.2. The number of carbonyl (C=O) groups is 2. The number of aryl methyl sites for hydroxylation is 2. The molecule has 0 saturated carbocycles. The summed E-state index contributed by atoms with van der Waals surface area (Å²) in [6, 6.07) is 11.6. The van der Waals surface area contributed by atoms with Crippen LogP contribution in [0.2, 0.25) is 0 Å². The van der Waals surface area contributed by atoms with Crippen LogP contribution in [0, 0.1) is 5.92 Å². The second-order valence-electron chi connectivity index (χ2n) is 6.83. The molecule has 4 nitrogen and oxygen atoms in total. The Morgan fingerprint density at radius 2 is 1.84 bits per heavy atom. The normalized spacial score (nSPS) is 17.4. The van der Waals surface area contributed by atoms with Crippen LogP contribution in [-0.4, -0.2) is 29.8 Å². The molecule has 1 aromatic carbocycles. The van der Waals surface area contributed by atoms with Crippen molar-refractivity contribution in [2.75, 3.05) is 18.4 Å². The van der Waals surface area contributed by atoms with Gasteiger partial charge in [0, 0.05) is 29.6 Å². The second-order valence-corrected chi connectivity index (χ2v) is 7.97. The Labute approximate surface area is 151 Å². The predicted molar refractivity (Wildman–Crippen MR) is 100 cm³/mol. The molecule has 0 spiro atoms. The van der Waals surface area contributed by atoms with Gasteiger partial charge in [-0.05, 0) is 55.9 Å². The molecular weight excluding hydrogens is 332 g/mol. The van der Waals surface area contributed by atoms with Gasteiger partial charge < -0.3 is 10.2 Å². The Morgan fingerprint density at radius 1 is 1.08 bits per heavy atom. The fourth-order valence-corrected chi connectivity index (χ4v) is 4.92. The van der Waals surface area contributed by atoms with Crippen molar-refractivity contribution in [1.82, 2.24) is 4.90 Å². The maximum atomic E-state index is 12.7. The Morgan fingerprint density at radius 3 is 2.56 bits per heavy atom. The van der Waals surface area contributed by atoms with Crippen molar-refractivity contribution in [3.8, 4) is 0 Å². The molecule has 1 saturated heterocycles. The third-order valence-corrected chi connectivity index (χ3v) is 6.38. The first-order valence-electron chi connectivity index (χ1n) is 8.97. The highest BCUT2D eigenvalue weighted by molar-refractivity contribution is 7.14. The third kappa shape index (κ3) is 3.47. The summed E-state index contributed by atoms with van der Waals surface area (Å²) < 4.78 is 0. The molecule has 4 rings (SSSR count). The van der Waals surface area contributed by atoms with Crippen molar-refractivity contribution in [3.05, 3.63) is 51.7 Å². The summed E-state index contributed by atoms with van der Waals surface area (Å²) in [5.41, 5.74) is 2.20. The molecule has 130 valence electrons. The van der Waals surface area contributed by atoms with E-state index in [1.54, 1.807) is 11.3 Å². The standard InChI is InChI=1S/C20H22N2O2S/c23-19(21-16-6-2-1-3-7-16)14-9-11-22(12-10-14)20(24)18-13-15-5-4-8-17(15)25-18/h1-3,6-7,13-14H,4-5,8-12H2,(H,21,23). The van der Waals surface area contributed by atoms with E-state index in [0.717, 1.165) is 36.2 Å². The number of thiophene rings is 1. The number of amides is 2. The van der Waals surface area contributed by atoms with Gasteiger partial charge in [0.1, 0.15) is 0 Å². The molecule has 0 radical (unpaired) electrons. The summed E-state index contributed by atoms with van der Waals surface area (Å²) in [6.07, 6.45) is 4.92. The molecule has 25 heavy (non-hydrogen) atoms. The zero-order chi connectivity index (χ0) is 17.2. The number of carbonyl (C=O) groups excluding carboxylic acids is 2. The van der Waals surface area contributed by atoms with Crippen molar-refractivity contribution >= 4 is 28.8 Å². The highest BCUT2D eigenvalue weighted by Crippen LogP contribution is 2.32. The lowest BCUT2D eigenvalue weighted by Gasteiger charge is -2.31. The number of piperidine rings is 1. The lowest BCUT2D eigenvalue weighted by molar-refractivity contribution is -0.121. The number of hydrogen-bond acceptors (Lipinski definition) is 3. The van der Waals surface area contributed by atoms with E-state index in [9.17, 15) is 9.59 Å². The molecule has 1 aliphatic carbocycles. The summed E-state index contributed by atoms with van der Waals surface area (Å²) in [5.74, 6) is 0.187. The third-order valence-electron chi connectivity index (χ3n) is 5.15. The van der Waals surface area contributed by atoms with Crippen LogP contribution in [0.15, 0.2) is 36.4 Å². The van der Waals surface area contributed by atoms with E-state index < -0.39 is 0 Å². The largest absolute Gasteiger partial charge is 0.338 e. The van der Waals surface area contributed by atoms with E-state index in [1.165, 1.54) is 16.9 Å². The van der Waals surface area contributed by atoms with E-state index in [4.69, 9.17) is 0 Å². The van der Waals surface area contributed by atoms with Crippen LogP contribution in [0.3, 0.4) is 0 Å². The quantitative estimate of drug-likeness (QED) is 0.913. The van der Waals surface area contributed by atoms with Gasteiger partial charge in [0.2, 0.25) is 5.91 Å². The van der Waals surface area contributed by atoms with Crippen molar-refractivity contribution in [3.63, 3.8) is 0 Å². The first kappa shape index (κ1) is 16.3. The number of hydrogen-bond donors (Lipinski definition) is 1. The lowest BCUT2D eigenvalue weighted by atomic mass is 9.95. The first-order valence-corrected chi connectivity index (χ1v) is 9.79. The van der Waals surface area contributed by atoms with Crippen molar-refractivity contribution in [1.29, 1.82) is 0 Å². The molecule has 2 aromatic rings. The molecule has 2 amide bonds. The van der Waals surface area contributed by atoms with Crippen molar-refractivity contribution in [2.45, 2.75) is 32.1 Å². The smallest absolute Gasteiger partial charge is 0.263 e. The minimum atomic E-state index is -0.0161. The van der Waals surface area contributed by atoms with Gasteiger partial charge in [0.05, 0.1) is 4.88 Å². The van der Waals surface area contributed by atoms with E-state index in [-0.39, 0.29) is 17.7 Å². The number of benzene rings is 1. The average Bonchev–Trinajstić information content (AvgIpc) is 3.24. The molecular formula is C20H22N2O2S. The van der Waals surface area contributed by atoms with E-state index >= 15 is 0 Å². The van der Waals surface area contributed by atoms with Gasteiger partial charge in [-0.15, -0.1) is 11.3 Å². The van der Waals surface area contributed by atoms with Gasteiger partial charge in [-0.25, -0.2) is 0 Å². The van der Waals surface area contributed by atoms with Crippen molar-refractivity contribution < 1.29 is 9.59 Å². The number of rotatable bonds is 3. The van der Waals surface area contributed by atoms with E-state index in [1.807, 2.05) is 35.2 Å². The van der Waals surface area contributed by atoms with Crippen molar-refractivity contribution in [2.24, 2.45) is 5.92 Å². The summed E-state index contributed by atoms with van der Waals surface area (Å²) in [5, 5.41) is 2.97. The minimum Gasteiger partial charge on any atom is -0.338 e. The maximum absolute atomic E-state index is 12.7. The number of anilines is 1. The first-order chi connectivity index (χ1) is 12.2. The van der Waals surface area contributed by atoms with Gasteiger partial charge in [-0.3, -0.25) is 9.59 Å². The summed E-state index contributed by atoms with van der Waals surface area (Å²) in [4.78, 5) is 29.3. The van der Waals surface area contributed by atoms with Gasteiger partial charge in [0.15, 0.2) is 0 Å². The second kappa shape index (κ2) is 7.00. The summed E-state index contributed by atoms with van der Waals surface area (Å²) in [6.45, 7) is 1.32. The van der Waals surface area contributed by atoms with E-state index in [0.29, 0.717) is 13.1 Å². The fourth-order valence-electron chi connectivity index (χ4n) is 3.70. The summed E-state index contributed by atoms with van der Waals surface area (Å²) >= 11 is 1.66. The molecule has 0 atom stereocenters. The minimum absolute atomic E-state index is 0.0161. The molecule has 0 unspecified atom stereocenters. The highest BCUT2D eigenvalue weighted by Gasteiger charge is 2.29. The number of nitrogens with zero attached hydrogens (tertiary/aromatic N) is 1. The topological polar surface area (TPSA) is 49.4 Å². The molecule has 0 bridgehead atoms. The van der Waals surface area contributed by atoms with Crippen LogP contribution < -0.4 is 5.32 Å². The molecule has 1 fully saturated rings. The van der Waals surface area contributed by atoms with Crippen LogP contribution in [0.5, 0.6) is 0 Å². The zero-order valence-corrected chi connectivity index (χ0v) is 15.0.